The third-order valence-electron chi connectivity index (χ3n) is 2.82. The molecule has 0 saturated heterocycles. The van der Waals surface area contributed by atoms with Gasteiger partial charge in [0.25, 0.3) is 5.97 Å². The van der Waals surface area contributed by atoms with Gasteiger partial charge in [-0.05, 0) is 20.8 Å². The van der Waals surface area contributed by atoms with Crippen molar-refractivity contribution in [2.24, 2.45) is 0 Å². The fourth-order valence-corrected chi connectivity index (χ4v) is 1.60. The Hall–Kier alpha value is -2.95. The van der Waals surface area contributed by atoms with Crippen LogP contribution in [0, 0.1) is 20.8 Å². The summed E-state index contributed by atoms with van der Waals surface area (Å²) in [5.74, 6) is -0.833. The molecule has 0 aliphatic carbocycles. The molecule has 31 heavy (non-hydrogen) atoms. The second kappa shape index (κ2) is 31.7. The first kappa shape index (κ1) is 35.5. The Balaban J connectivity index is -0.000000147. The number of carbonyl (C=O) groups is 1. The van der Waals surface area contributed by atoms with E-state index in [1.165, 1.54) is 16.7 Å². The van der Waals surface area contributed by atoms with Crippen molar-refractivity contribution in [3.63, 3.8) is 0 Å². The second-order valence-corrected chi connectivity index (χ2v) is 5.48. The lowest BCUT2D eigenvalue weighted by atomic mass is 10.2. The quantitative estimate of drug-likeness (QED) is 0.390. The predicted octanol–water partition coefficient (Wildman–Crippen LogP) is 6.32. The number of aliphatic carboxylic acids is 1. The molecule has 0 aliphatic rings. The van der Waals surface area contributed by atoms with Crippen LogP contribution in [0.4, 0.5) is 0 Å². The summed E-state index contributed by atoms with van der Waals surface area (Å²) < 4.78 is 0. The maximum Gasteiger partial charge on any atom is 0.300 e. The number of rotatable bonds is 0. The van der Waals surface area contributed by atoms with Crippen LogP contribution in [0.2, 0.25) is 0 Å². The predicted molar refractivity (Wildman–Crippen MR) is 134 cm³/mol. The molecule has 3 rings (SSSR count). The molecule has 3 aromatic carbocycles. The molecule has 0 aromatic heterocycles. The minimum absolute atomic E-state index is 0.833. The molecule has 0 aliphatic heterocycles. The van der Waals surface area contributed by atoms with Gasteiger partial charge in [-0.1, -0.05) is 122 Å². The molecule has 4 nitrogen and oxygen atoms in total. The fourth-order valence-electron chi connectivity index (χ4n) is 1.60. The van der Waals surface area contributed by atoms with Gasteiger partial charge in [-0.3, -0.25) is 4.79 Å². The number of hydrogen-bond donors (Lipinski definition) is 3. The second-order valence-electron chi connectivity index (χ2n) is 5.48. The lowest BCUT2D eigenvalue weighted by molar-refractivity contribution is -0.134. The molecule has 3 N–H and O–H groups in total. The third-order valence-corrected chi connectivity index (χ3v) is 2.82. The SMILES string of the molecule is CC.CC(=O)O.CO.CO.Cc1ccccc1.Cc1ccccc1.Cc1ccccc1. The van der Waals surface area contributed by atoms with E-state index in [0.29, 0.717) is 0 Å². The Kier molecular flexibility index (Phi) is 36.3. The molecule has 4 heteroatoms. The summed E-state index contributed by atoms with van der Waals surface area (Å²) >= 11 is 0. The normalized spacial score (nSPS) is 7.29. The van der Waals surface area contributed by atoms with E-state index in [0.717, 1.165) is 21.1 Å². The molecule has 0 heterocycles. The number of carboxylic acid groups (broad SMARTS) is 1. The number of carboxylic acids is 1. The Morgan fingerprint density at radius 2 is 0.645 bits per heavy atom. The van der Waals surface area contributed by atoms with Gasteiger partial charge >= 0.3 is 0 Å². The highest BCUT2D eigenvalue weighted by Crippen LogP contribution is 1.93. The Morgan fingerprint density at radius 3 is 0.710 bits per heavy atom. The van der Waals surface area contributed by atoms with Crippen molar-refractivity contribution in [1.29, 1.82) is 0 Å². The summed E-state index contributed by atoms with van der Waals surface area (Å²) in [5.41, 5.74) is 3.97. The highest BCUT2D eigenvalue weighted by Gasteiger charge is 1.73. The lowest BCUT2D eigenvalue weighted by Crippen LogP contribution is -1.78. The number of aliphatic hydroxyl groups is 2. The van der Waals surface area contributed by atoms with Gasteiger partial charge in [-0.25, -0.2) is 0 Å². The molecule has 0 saturated carbocycles. The maximum absolute atomic E-state index is 9.00. The Bertz CT molecular complexity index is 576. The van der Waals surface area contributed by atoms with Crippen molar-refractivity contribution < 1.29 is 20.1 Å². The highest BCUT2D eigenvalue weighted by atomic mass is 16.4. The van der Waals surface area contributed by atoms with Gasteiger partial charge in [0.15, 0.2) is 0 Å². The minimum atomic E-state index is -0.833. The first-order valence-electron chi connectivity index (χ1n) is 10.1. The van der Waals surface area contributed by atoms with Crippen LogP contribution in [0.3, 0.4) is 0 Å². The lowest BCUT2D eigenvalue weighted by Gasteiger charge is -1.82. The number of hydrogen-bond acceptors (Lipinski definition) is 3. The summed E-state index contributed by atoms with van der Waals surface area (Å²) in [7, 11) is 2.00. The Morgan fingerprint density at radius 1 is 0.516 bits per heavy atom. The first-order chi connectivity index (χ1) is 14.9. The van der Waals surface area contributed by atoms with Crippen molar-refractivity contribution in [3.8, 4) is 0 Å². The topological polar surface area (TPSA) is 77.8 Å². The van der Waals surface area contributed by atoms with Gasteiger partial charge in [0.1, 0.15) is 0 Å². The maximum atomic E-state index is 9.00. The molecule has 0 amide bonds. The molecular formula is C27H42O4. The van der Waals surface area contributed by atoms with Crippen LogP contribution >= 0.6 is 0 Å². The fraction of sp³-hybridized carbons (Fsp3) is 0.296. The van der Waals surface area contributed by atoms with Crippen molar-refractivity contribution >= 4 is 5.97 Å². The van der Waals surface area contributed by atoms with Gasteiger partial charge in [-0.15, -0.1) is 0 Å². The van der Waals surface area contributed by atoms with Gasteiger partial charge in [0.2, 0.25) is 0 Å². The molecule has 174 valence electrons. The van der Waals surface area contributed by atoms with E-state index in [2.05, 4.69) is 57.2 Å². The summed E-state index contributed by atoms with van der Waals surface area (Å²) in [6.07, 6.45) is 0. The van der Waals surface area contributed by atoms with Crippen molar-refractivity contribution in [1.82, 2.24) is 0 Å². The van der Waals surface area contributed by atoms with E-state index >= 15 is 0 Å². The van der Waals surface area contributed by atoms with Crippen LogP contribution in [-0.4, -0.2) is 35.5 Å². The van der Waals surface area contributed by atoms with Crippen LogP contribution in [-0.2, 0) is 4.79 Å². The number of aryl methyl sites for hydroxylation is 3. The van der Waals surface area contributed by atoms with Crippen LogP contribution < -0.4 is 0 Å². The molecular weight excluding hydrogens is 388 g/mol. The highest BCUT2D eigenvalue weighted by molar-refractivity contribution is 5.62. The van der Waals surface area contributed by atoms with E-state index in [-0.39, 0.29) is 0 Å². The third kappa shape index (κ3) is 38.3. The first-order valence-corrected chi connectivity index (χ1v) is 10.1. The van der Waals surface area contributed by atoms with Crippen LogP contribution in [0.25, 0.3) is 0 Å². The van der Waals surface area contributed by atoms with Crippen molar-refractivity contribution in [2.45, 2.75) is 41.5 Å². The minimum Gasteiger partial charge on any atom is -0.481 e. The number of aliphatic hydroxyl groups excluding tert-OH is 2. The van der Waals surface area contributed by atoms with Gasteiger partial charge < -0.3 is 15.3 Å². The molecule has 0 atom stereocenters. The van der Waals surface area contributed by atoms with Crippen LogP contribution in [0.5, 0.6) is 0 Å². The largest absolute Gasteiger partial charge is 0.481 e. The average Bonchev–Trinajstić information content (AvgIpc) is 2.80. The van der Waals surface area contributed by atoms with Gasteiger partial charge in [-0.2, -0.15) is 0 Å². The smallest absolute Gasteiger partial charge is 0.300 e. The van der Waals surface area contributed by atoms with Crippen molar-refractivity contribution in [2.75, 3.05) is 14.2 Å². The van der Waals surface area contributed by atoms with Crippen LogP contribution in [0.15, 0.2) is 91.0 Å². The summed E-state index contributed by atoms with van der Waals surface area (Å²) in [6.45, 7) is 11.3. The summed E-state index contributed by atoms with van der Waals surface area (Å²) in [5, 5.41) is 21.4. The van der Waals surface area contributed by atoms with E-state index in [4.69, 9.17) is 20.1 Å². The van der Waals surface area contributed by atoms with E-state index in [9.17, 15) is 0 Å². The monoisotopic (exact) mass is 430 g/mol. The summed E-state index contributed by atoms with van der Waals surface area (Å²) in [4.78, 5) is 9.00. The standard InChI is InChI=1S/3C7H8.C2H4O2.C2H6.2CH4O/c3*1-7-5-3-2-4-6-7;1-2(3)4;3*1-2/h3*2-6H,1H3;1H3,(H,3,4);1-2H3;2*2H,1H3. The average molecular weight is 431 g/mol. The molecule has 0 radical (unpaired) electrons. The molecule has 3 aromatic rings. The molecule has 0 spiro atoms. The zero-order valence-corrected chi connectivity index (χ0v) is 20.4. The van der Waals surface area contributed by atoms with Gasteiger partial charge in [0, 0.05) is 21.1 Å². The summed E-state index contributed by atoms with van der Waals surface area (Å²) in [6, 6.07) is 30.8. The van der Waals surface area contributed by atoms with E-state index in [1.54, 1.807) is 0 Å². The van der Waals surface area contributed by atoms with Gasteiger partial charge in [0.05, 0.1) is 0 Å². The molecule has 0 bridgehead atoms. The Labute approximate surface area is 189 Å². The molecule has 0 fully saturated rings. The van der Waals surface area contributed by atoms with Crippen LogP contribution in [0.1, 0.15) is 37.5 Å². The van der Waals surface area contributed by atoms with Crippen molar-refractivity contribution in [3.05, 3.63) is 108 Å². The van der Waals surface area contributed by atoms with E-state index < -0.39 is 5.97 Å². The number of benzene rings is 3. The zero-order chi connectivity index (χ0) is 24.9. The van der Waals surface area contributed by atoms with E-state index in [1.807, 2.05) is 68.4 Å². The zero-order valence-electron chi connectivity index (χ0n) is 20.4. The molecule has 0 unspecified atom stereocenters.